The van der Waals surface area contributed by atoms with Crippen LogP contribution < -0.4 is 9.47 Å². The Morgan fingerprint density at radius 1 is 1.00 bits per heavy atom. The highest BCUT2D eigenvalue weighted by molar-refractivity contribution is 7.18. The summed E-state index contributed by atoms with van der Waals surface area (Å²) < 4.78 is 8.36. The van der Waals surface area contributed by atoms with Gasteiger partial charge in [0.2, 0.25) is 5.52 Å². The molecule has 4 aromatic rings. The standard InChI is InChI=1S/C35H34N2O4S/c1-24-12-17-32-31(21-24)36(2)33(42-32)23-28(25-13-15-26(16-14-25)35(40)41-3)22-27-18-20-37(19-8-4-5-11-34(38)39)30-10-7-6-9-29(27)30/h6-7,9-10,12-18,20-23H,4-5,8,11,19H2,1-3H3/p+1. The van der Waals surface area contributed by atoms with Crippen molar-refractivity contribution in [2.45, 2.75) is 32.6 Å². The van der Waals surface area contributed by atoms with Crippen LogP contribution >= 0.6 is 11.3 Å². The molecule has 0 atom stereocenters. The third kappa shape index (κ3) is 6.52. The molecule has 1 aliphatic rings. The number of ether oxygens (including phenoxy) is 1. The number of hydrogen-bond acceptors (Lipinski definition) is 5. The number of thiazole rings is 1. The molecule has 0 saturated carbocycles. The molecule has 0 aliphatic carbocycles. The number of aromatic nitrogens is 1. The Kier molecular flexibility index (Phi) is 8.98. The number of allylic oxidation sites excluding steroid dienone is 4. The largest absolute Gasteiger partial charge is 0.481 e. The molecule has 6 nitrogen and oxygen atoms in total. The predicted molar refractivity (Wildman–Crippen MR) is 170 cm³/mol. The molecule has 1 aliphatic heterocycles. The lowest BCUT2D eigenvalue weighted by atomic mass is 9.94. The molecule has 0 spiro atoms. The second-order valence-electron chi connectivity index (χ2n) is 10.5. The number of anilines is 1. The van der Waals surface area contributed by atoms with Gasteiger partial charge in [0.15, 0.2) is 0 Å². The Bertz CT molecular complexity index is 1710. The zero-order valence-electron chi connectivity index (χ0n) is 24.2. The number of para-hydroxylation sites is 1. The molecule has 3 aromatic carbocycles. The summed E-state index contributed by atoms with van der Waals surface area (Å²) in [5.74, 6) is -1.10. The number of fused-ring (bicyclic) bond motifs is 2. The van der Waals surface area contributed by atoms with E-state index in [1.165, 1.54) is 22.9 Å². The minimum atomic E-state index is -0.740. The number of unbranched alkanes of at least 4 members (excludes halogenated alkanes) is 2. The van der Waals surface area contributed by atoms with Crippen LogP contribution in [0.2, 0.25) is 0 Å². The highest BCUT2D eigenvalue weighted by atomic mass is 32.1. The molecule has 1 N–H and O–H groups in total. The summed E-state index contributed by atoms with van der Waals surface area (Å²) in [6.07, 6.45) is 11.4. The first-order chi connectivity index (χ1) is 20.3. The van der Waals surface area contributed by atoms with E-state index in [9.17, 15) is 9.59 Å². The summed E-state index contributed by atoms with van der Waals surface area (Å²) in [6, 6.07) is 22.4. The number of rotatable bonds is 10. The first-order valence-electron chi connectivity index (χ1n) is 14.1. The van der Waals surface area contributed by atoms with Crippen LogP contribution in [-0.4, -0.2) is 30.7 Å². The number of aliphatic carboxylic acids is 1. The van der Waals surface area contributed by atoms with Crippen LogP contribution in [0, 0.1) is 6.92 Å². The van der Waals surface area contributed by atoms with Gasteiger partial charge in [0.1, 0.15) is 11.7 Å². The van der Waals surface area contributed by atoms with Crippen LogP contribution in [0.5, 0.6) is 0 Å². The van der Waals surface area contributed by atoms with Crippen LogP contribution in [0.25, 0.3) is 27.4 Å². The molecule has 0 amide bonds. The summed E-state index contributed by atoms with van der Waals surface area (Å²) >= 11 is 1.75. The topological polar surface area (TPSA) is 70.7 Å². The number of nitrogens with zero attached hydrogens (tertiary/aromatic N) is 2. The van der Waals surface area contributed by atoms with Crippen LogP contribution in [0.3, 0.4) is 0 Å². The predicted octanol–water partition coefficient (Wildman–Crippen LogP) is 7.42. The van der Waals surface area contributed by atoms with E-state index in [-0.39, 0.29) is 12.4 Å². The zero-order valence-corrected chi connectivity index (χ0v) is 25.0. The van der Waals surface area contributed by atoms with Gasteiger partial charge in [-0.2, -0.15) is 4.57 Å². The lowest BCUT2D eigenvalue weighted by Crippen LogP contribution is -2.29. The molecule has 2 heterocycles. The molecule has 0 radical (unpaired) electrons. The van der Waals surface area contributed by atoms with E-state index in [0.29, 0.717) is 12.0 Å². The van der Waals surface area contributed by atoms with Crippen molar-refractivity contribution in [1.29, 1.82) is 0 Å². The molecular weight excluding hydrogens is 544 g/mol. The normalized spacial score (nSPS) is 13.9. The second-order valence-corrected chi connectivity index (χ2v) is 11.5. The highest BCUT2D eigenvalue weighted by Gasteiger charge is 2.19. The number of hydrogen-bond donors (Lipinski definition) is 1. The van der Waals surface area contributed by atoms with Crippen LogP contribution in [0.1, 0.15) is 57.7 Å². The molecule has 0 fully saturated rings. The first-order valence-corrected chi connectivity index (χ1v) is 14.9. The molecular formula is C35H35N2O4S+. The number of benzene rings is 3. The number of methoxy groups -OCH3 is 1. The van der Waals surface area contributed by atoms with Crippen molar-refractivity contribution in [3.05, 3.63) is 112 Å². The van der Waals surface area contributed by atoms with Crippen molar-refractivity contribution in [1.82, 2.24) is 0 Å². The maximum atomic E-state index is 12.1. The van der Waals surface area contributed by atoms with Gasteiger partial charge in [-0.15, -0.1) is 0 Å². The van der Waals surface area contributed by atoms with Crippen molar-refractivity contribution >= 4 is 56.4 Å². The van der Waals surface area contributed by atoms with Crippen molar-refractivity contribution in [3.63, 3.8) is 0 Å². The van der Waals surface area contributed by atoms with Crippen molar-refractivity contribution in [2.24, 2.45) is 7.05 Å². The number of carboxylic acid groups (broad SMARTS) is 1. The van der Waals surface area contributed by atoms with Crippen molar-refractivity contribution in [2.75, 3.05) is 18.6 Å². The molecule has 0 bridgehead atoms. The van der Waals surface area contributed by atoms with E-state index in [1.807, 2.05) is 12.1 Å². The summed E-state index contributed by atoms with van der Waals surface area (Å²) in [5.41, 5.74) is 8.32. The number of carbonyl (C=O) groups excluding carboxylic acids is 1. The van der Waals surface area contributed by atoms with Crippen molar-refractivity contribution in [3.8, 4) is 0 Å². The Morgan fingerprint density at radius 2 is 1.76 bits per heavy atom. The maximum absolute atomic E-state index is 12.1. The van der Waals surface area contributed by atoms with Gasteiger partial charge in [0, 0.05) is 42.6 Å². The van der Waals surface area contributed by atoms with Gasteiger partial charge in [0.05, 0.1) is 12.7 Å². The quantitative estimate of drug-likeness (QED) is 0.120. The smallest absolute Gasteiger partial charge is 0.337 e. The number of carbonyl (C=O) groups is 2. The van der Waals surface area contributed by atoms with Crippen molar-refractivity contribution < 1.29 is 24.0 Å². The van der Waals surface area contributed by atoms with Gasteiger partial charge < -0.3 is 14.7 Å². The van der Waals surface area contributed by atoms with Gasteiger partial charge in [-0.25, -0.2) is 4.79 Å². The monoisotopic (exact) mass is 579 g/mol. The average Bonchev–Trinajstić information content (AvgIpc) is 3.30. The maximum Gasteiger partial charge on any atom is 0.337 e. The Morgan fingerprint density at radius 3 is 2.52 bits per heavy atom. The summed E-state index contributed by atoms with van der Waals surface area (Å²) in [6.45, 7) is 2.94. The Hall–Kier alpha value is -4.49. The van der Waals surface area contributed by atoms with E-state index in [1.54, 1.807) is 23.5 Å². The fraction of sp³-hybridized carbons (Fsp3) is 0.229. The van der Waals surface area contributed by atoms with E-state index >= 15 is 0 Å². The minimum absolute atomic E-state index is 0.214. The van der Waals surface area contributed by atoms with E-state index in [0.717, 1.165) is 52.4 Å². The van der Waals surface area contributed by atoms with Crippen LogP contribution in [-0.2, 0) is 16.6 Å². The van der Waals surface area contributed by atoms with E-state index < -0.39 is 5.97 Å². The number of carboxylic acids is 1. The number of esters is 1. The van der Waals surface area contributed by atoms with Gasteiger partial charge >= 0.3 is 11.9 Å². The fourth-order valence-electron chi connectivity index (χ4n) is 5.19. The van der Waals surface area contributed by atoms with Crippen LogP contribution in [0.15, 0.2) is 85.1 Å². The fourth-order valence-corrected chi connectivity index (χ4v) is 6.28. The van der Waals surface area contributed by atoms with Gasteiger partial charge in [-0.3, -0.25) is 4.79 Å². The van der Waals surface area contributed by atoms with Gasteiger partial charge in [0.25, 0.3) is 5.01 Å². The SMILES string of the molecule is COC(=O)c1ccc(C(=C\c2sc3ccc(C)cc3[n+]2C)/C=C2\C=CN(CCCCCC(=O)O)c3ccccc32)cc1. The zero-order chi connectivity index (χ0) is 29.6. The summed E-state index contributed by atoms with van der Waals surface area (Å²) in [4.78, 5) is 25.2. The molecule has 214 valence electrons. The summed E-state index contributed by atoms with van der Waals surface area (Å²) in [7, 11) is 3.49. The lowest BCUT2D eigenvalue weighted by Gasteiger charge is -2.28. The third-order valence-corrected chi connectivity index (χ3v) is 8.66. The van der Waals surface area contributed by atoms with Crippen LogP contribution in [0.4, 0.5) is 5.69 Å². The third-order valence-electron chi connectivity index (χ3n) is 7.50. The average molecular weight is 580 g/mol. The summed E-state index contributed by atoms with van der Waals surface area (Å²) in [5, 5.41) is 10.0. The molecule has 0 unspecified atom stereocenters. The molecule has 5 rings (SSSR count). The number of aryl methyl sites for hydroxylation is 2. The Labute approximate surface area is 250 Å². The highest BCUT2D eigenvalue weighted by Crippen LogP contribution is 2.36. The molecule has 1 aromatic heterocycles. The second kappa shape index (κ2) is 13.0. The van der Waals surface area contributed by atoms with E-state index in [2.05, 4.69) is 90.3 Å². The molecule has 42 heavy (non-hydrogen) atoms. The first kappa shape index (κ1) is 29.0. The minimum Gasteiger partial charge on any atom is -0.481 e. The van der Waals surface area contributed by atoms with Gasteiger partial charge in [-0.05, 0) is 78.5 Å². The van der Waals surface area contributed by atoms with Gasteiger partial charge in [-0.1, -0.05) is 54.2 Å². The Balaban J connectivity index is 1.53. The van der Waals surface area contributed by atoms with E-state index in [4.69, 9.17) is 9.84 Å². The molecule has 7 heteroatoms. The lowest BCUT2D eigenvalue weighted by molar-refractivity contribution is -0.642. The molecule has 0 saturated heterocycles.